The maximum atomic E-state index is 13.0. The fraction of sp³-hybridized carbons (Fsp3) is 0.389. The summed E-state index contributed by atoms with van der Waals surface area (Å²) in [4.78, 5) is 27.8. The predicted octanol–water partition coefficient (Wildman–Crippen LogP) is 2.20. The van der Waals surface area contributed by atoms with Crippen LogP contribution >= 0.6 is 0 Å². The summed E-state index contributed by atoms with van der Waals surface area (Å²) in [5.41, 5.74) is 1.30. The normalized spacial score (nSPS) is 18.6. The topological polar surface area (TPSA) is 66.7 Å². The Bertz CT molecular complexity index is 798. The lowest BCUT2D eigenvalue weighted by Crippen LogP contribution is -2.58. The van der Waals surface area contributed by atoms with Crippen LogP contribution in [0.1, 0.15) is 25.0 Å². The SMILES string of the molecule is O=C1C(=O)N(C2CCC2)CCN1Cc1cc(-c2ccc(F)cc2)no1. The molecule has 0 N–H and O–H groups in total. The highest BCUT2D eigenvalue weighted by molar-refractivity contribution is 6.35. The van der Waals surface area contributed by atoms with Crippen molar-refractivity contribution in [2.45, 2.75) is 31.8 Å². The molecule has 7 heteroatoms. The van der Waals surface area contributed by atoms with Crippen molar-refractivity contribution in [1.82, 2.24) is 15.0 Å². The average Bonchev–Trinajstić information content (AvgIpc) is 3.02. The van der Waals surface area contributed by atoms with Gasteiger partial charge in [-0.25, -0.2) is 4.39 Å². The number of nitrogens with zero attached hydrogens (tertiary/aromatic N) is 3. The molecule has 2 heterocycles. The van der Waals surface area contributed by atoms with Crippen LogP contribution in [0.5, 0.6) is 0 Å². The number of aromatic nitrogens is 1. The molecule has 0 spiro atoms. The van der Waals surface area contributed by atoms with Gasteiger partial charge in [0.05, 0.1) is 6.54 Å². The lowest BCUT2D eigenvalue weighted by atomic mass is 9.91. The molecule has 0 radical (unpaired) electrons. The molecule has 1 aromatic heterocycles. The third-order valence-electron chi connectivity index (χ3n) is 4.90. The van der Waals surface area contributed by atoms with Crippen LogP contribution in [0.2, 0.25) is 0 Å². The molecule has 1 aromatic carbocycles. The Morgan fingerprint density at radius 1 is 1.12 bits per heavy atom. The first-order valence-electron chi connectivity index (χ1n) is 8.43. The molecule has 0 atom stereocenters. The number of hydrogen-bond donors (Lipinski definition) is 0. The van der Waals surface area contributed by atoms with Gasteiger partial charge in [-0.05, 0) is 43.5 Å². The van der Waals surface area contributed by atoms with E-state index < -0.39 is 11.8 Å². The van der Waals surface area contributed by atoms with Crippen LogP contribution in [0.3, 0.4) is 0 Å². The van der Waals surface area contributed by atoms with Gasteiger partial charge in [0.2, 0.25) is 0 Å². The van der Waals surface area contributed by atoms with Crippen molar-refractivity contribution in [2.24, 2.45) is 0 Å². The van der Waals surface area contributed by atoms with Crippen molar-refractivity contribution in [3.8, 4) is 11.3 Å². The van der Waals surface area contributed by atoms with Crippen molar-refractivity contribution in [1.29, 1.82) is 0 Å². The second-order valence-corrected chi connectivity index (χ2v) is 6.50. The van der Waals surface area contributed by atoms with Crippen LogP contribution < -0.4 is 0 Å². The number of halogens is 1. The maximum Gasteiger partial charge on any atom is 0.312 e. The summed E-state index contributed by atoms with van der Waals surface area (Å²) < 4.78 is 18.3. The smallest absolute Gasteiger partial charge is 0.312 e. The Hall–Kier alpha value is -2.70. The number of hydrogen-bond acceptors (Lipinski definition) is 4. The van der Waals surface area contributed by atoms with Gasteiger partial charge in [0.25, 0.3) is 0 Å². The summed E-state index contributed by atoms with van der Waals surface area (Å²) >= 11 is 0. The highest BCUT2D eigenvalue weighted by Crippen LogP contribution is 2.27. The third kappa shape index (κ3) is 3.01. The molecule has 4 rings (SSSR count). The molecule has 2 aromatic rings. The number of amides is 2. The molecule has 1 aliphatic carbocycles. The largest absolute Gasteiger partial charge is 0.359 e. The van der Waals surface area contributed by atoms with Crippen LogP contribution in [-0.4, -0.2) is 45.9 Å². The van der Waals surface area contributed by atoms with Crippen LogP contribution in [0.25, 0.3) is 11.3 Å². The second kappa shape index (κ2) is 6.31. The van der Waals surface area contributed by atoms with E-state index in [9.17, 15) is 14.0 Å². The van der Waals surface area contributed by atoms with Crippen LogP contribution in [0, 0.1) is 5.82 Å². The molecular formula is C18H18FN3O3. The summed E-state index contributed by atoms with van der Waals surface area (Å²) in [7, 11) is 0. The Kier molecular flexibility index (Phi) is 3.99. The molecule has 2 amide bonds. The molecule has 0 bridgehead atoms. The van der Waals surface area contributed by atoms with E-state index in [-0.39, 0.29) is 18.4 Å². The fourth-order valence-corrected chi connectivity index (χ4v) is 3.22. The lowest BCUT2D eigenvalue weighted by Gasteiger charge is -2.41. The van der Waals surface area contributed by atoms with Gasteiger partial charge in [0, 0.05) is 30.8 Å². The number of carbonyl (C=O) groups is 2. The van der Waals surface area contributed by atoms with Crippen molar-refractivity contribution in [3.05, 3.63) is 41.9 Å². The quantitative estimate of drug-likeness (QED) is 0.798. The Morgan fingerprint density at radius 3 is 2.56 bits per heavy atom. The summed E-state index contributed by atoms with van der Waals surface area (Å²) in [5.74, 6) is -0.731. The molecule has 2 fully saturated rings. The third-order valence-corrected chi connectivity index (χ3v) is 4.90. The van der Waals surface area contributed by atoms with E-state index in [0.717, 1.165) is 24.8 Å². The first-order chi connectivity index (χ1) is 12.1. The van der Waals surface area contributed by atoms with Gasteiger partial charge in [0.1, 0.15) is 11.5 Å². The van der Waals surface area contributed by atoms with Crippen LogP contribution in [0.15, 0.2) is 34.9 Å². The summed E-state index contributed by atoms with van der Waals surface area (Å²) in [6.45, 7) is 1.26. The van der Waals surface area contributed by atoms with Gasteiger partial charge in [-0.1, -0.05) is 5.16 Å². The van der Waals surface area contributed by atoms with Gasteiger partial charge in [-0.2, -0.15) is 0 Å². The Labute approximate surface area is 144 Å². The van der Waals surface area contributed by atoms with E-state index in [2.05, 4.69) is 5.16 Å². The number of piperazine rings is 1. The zero-order valence-electron chi connectivity index (χ0n) is 13.7. The minimum absolute atomic E-state index is 0.206. The molecule has 25 heavy (non-hydrogen) atoms. The average molecular weight is 343 g/mol. The molecule has 1 saturated heterocycles. The standard InChI is InChI=1S/C18H18FN3O3/c19-13-6-4-12(5-7-13)16-10-15(25-20-16)11-21-8-9-22(14-2-1-3-14)18(24)17(21)23/h4-7,10,14H,1-3,8-9,11H2. The highest BCUT2D eigenvalue weighted by Gasteiger charge is 2.38. The Balaban J connectivity index is 1.43. The molecule has 1 saturated carbocycles. The number of benzene rings is 1. The zero-order valence-corrected chi connectivity index (χ0v) is 13.7. The minimum Gasteiger partial charge on any atom is -0.359 e. The predicted molar refractivity (Wildman–Crippen MR) is 86.7 cm³/mol. The van der Waals surface area contributed by atoms with E-state index >= 15 is 0 Å². The molecule has 6 nitrogen and oxygen atoms in total. The second-order valence-electron chi connectivity index (χ2n) is 6.50. The molecule has 0 unspecified atom stereocenters. The maximum absolute atomic E-state index is 13.0. The van der Waals surface area contributed by atoms with E-state index in [1.807, 2.05) is 0 Å². The zero-order chi connectivity index (χ0) is 17.4. The number of rotatable bonds is 4. The molecule has 130 valence electrons. The Morgan fingerprint density at radius 2 is 1.88 bits per heavy atom. The van der Waals surface area contributed by atoms with Gasteiger partial charge in [-0.15, -0.1) is 0 Å². The van der Waals surface area contributed by atoms with Gasteiger partial charge in [0.15, 0.2) is 5.76 Å². The summed E-state index contributed by atoms with van der Waals surface area (Å²) in [6, 6.07) is 7.88. The fourth-order valence-electron chi connectivity index (χ4n) is 3.22. The highest BCUT2D eigenvalue weighted by atomic mass is 19.1. The van der Waals surface area contributed by atoms with Crippen molar-refractivity contribution >= 4 is 11.8 Å². The van der Waals surface area contributed by atoms with Gasteiger partial charge in [-0.3, -0.25) is 9.59 Å². The van der Waals surface area contributed by atoms with Crippen LogP contribution in [-0.2, 0) is 16.1 Å². The molecule has 1 aliphatic heterocycles. The van der Waals surface area contributed by atoms with E-state index in [1.54, 1.807) is 23.1 Å². The van der Waals surface area contributed by atoms with Gasteiger partial charge < -0.3 is 14.3 Å². The van der Waals surface area contributed by atoms with E-state index in [0.29, 0.717) is 24.5 Å². The molecular weight excluding hydrogens is 325 g/mol. The van der Waals surface area contributed by atoms with E-state index in [1.165, 1.54) is 17.0 Å². The van der Waals surface area contributed by atoms with Crippen molar-refractivity contribution in [2.75, 3.05) is 13.1 Å². The van der Waals surface area contributed by atoms with E-state index in [4.69, 9.17) is 4.52 Å². The minimum atomic E-state index is -0.488. The van der Waals surface area contributed by atoms with Crippen molar-refractivity contribution in [3.63, 3.8) is 0 Å². The van der Waals surface area contributed by atoms with Crippen molar-refractivity contribution < 1.29 is 18.5 Å². The monoisotopic (exact) mass is 343 g/mol. The van der Waals surface area contributed by atoms with Gasteiger partial charge >= 0.3 is 11.8 Å². The lowest BCUT2D eigenvalue weighted by molar-refractivity contribution is -0.159. The summed E-state index contributed by atoms with van der Waals surface area (Å²) in [6.07, 6.45) is 3.10. The summed E-state index contributed by atoms with van der Waals surface area (Å²) in [5, 5.41) is 3.96. The first kappa shape index (κ1) is 15.8. The van der Waals surface area contributed by atoms with Crippen LogP contribution in [0.4, 0.5) is 4.39 Å². The first-order valence-corrected chi connectivity index (χ1v) is 8.43. The molecule has 2 aliphatic rings. The number of carbonyl (C=O) groups excluding carboxylic acids is 2.